The van der Waals surface area contributed by atoms with Gasteiger partial charge in [0.25, 0.3) is 0 Å². The van der Waals surface area contributed by atoms with Crippen molar-refractivity contribution in [3.63, 3.8) is 0 Å². The molecule has 1 aliphatic rings. The van der Waals surface area contributed by atoms with Gasteiger partial charge in [0.05, 0.1) is 6.54 Å². The van der Waals surface area contributed by atoms with Crippen molar-refractivity contribution >= 4 is 17.7 Å². The van der Waals surface area contributed by atoms with E-state index in [1.165, 1.54) is 0 Å². The molecule has 3 N–H and O–H groups in total. The lowest BCUT2D eigenvalue weighted by Crippen LogP contribution is -2.55. The zero-order chi connectivity index (χ0) is 19.1. The van der Waals surface area contributed by atoms with Gasteiger partial charge in [-0.25, -0.2) is 4.79 Å². The number of carbonyl (C=O) groups excluding carboxylic acids is 1. The van der Waals surface area contributed by atoms with Gasteiger partial charge in [0.2, 0.25) is 0 Å². The van der Waals surface area contributed by atoms with Crippen LogP contribution in [-0.4, -0.2) is 53.8 Å². The van der Waals surface area contributed by atoms with E-state index in [-0.39, 0.29) is 24.7 Å². The molecule has 7 nitrogen and oxygen atoms in total. The third-order valence-corrected chi connectivity index (χ3v) is 4.29. The molecule has 0 aromatic heterocycles. The molecule has 1 aromatic carbocycles. The van der Waals surface area contributed by atoms with E-state index < -0.39 is 5.97 Å². The number of hydrogen-bond acceptors (Lipinski definition) is 4. The lowest BCUT2D eigenvalue weighted by Gasteiger charge is -2.42. The number of carboxylic acids is 1. The molecule has 142 valence electrons. The molecule has 0 bridgehead atoms. The van der Waals surface area contributed by atoms with Crippen LogP contribution in [-0.2, 0) is 4.79 Å². The summed E-state index contributed by atoms with van der Waals surface area (Å²) in [5.74, 6) is -0.156. The minimum atomic E-state index is -0.824. The second-order valence-electron chi connectivity index (χ2n) is 6.65. The zero-order valence-corrected chi connectivity index (χ0v) is 15.3. The third kappa shape index (κ3) is 6.07. The highest BCUT2D eigenvalue weighted by Gasteiger charge is 2.34. The number of hydrogen-bond donors (Lipinski definition) is 3. The Kier molecular flexibility index (Phi) is 7.03. The molecule has 1 aromatic rings. The number of amides is 2. The molecule has 0 unspecified atom stereocenters. The van der Waals surface area contributed by atoms with E-state index in [1.54, 1.807) is 12.1 Å². The fourth-order valence-electron chi connectivity index (χ4n) is 2.90. The third-order valence-electron chi connectivity index (χ3n) is 4.29. The van der Waals surface area contributed by atoms with Crippen LogP contribution in [0.4, 0.5) is 10.5 Å². The van der Waals surface area contributed by atoms with Gasteiger partial charge in [-0.1, -0.05) is 19.6 Å². The lowest BCUT2D eigenvalue weighted by atomic mass is 9.85. The summed E-state index contributed by atoms with van der Waals surface area (Å²) in [6, 6.07) is 7.19. The number of ether oxygens (including phenoxy) is 1. The Morgan fingerprint density at radius 1 is 1.38 bits per heavy atom. The Bertz CT molecular complexity index is 656. The van der Waals surface area contributed by atoms with Gasteiger partial charge in [-0.15, -0.1) is 0 Å². The fraction of sp³-hybridized carbons (Fsp3) is 0.474. The summed E-state index contributed by atoms with van der Waals surface area (Å²) in [5, 5.41) is 14.6. The van der Waals surface area contributed by atoms with Crippen LogP contribution in [0.15, 0.2) is 36.4 Å². The molecule has 0 saturated heterocycles. The highest BCUT2D eigenvalue weighted by molar-refractivity contribution is 5.89. The SMILES string of the molecule is C=C(C)COc1cccc(NC(=O)NC2CC(N(CC)CC(=O)O)C2)c1. The first kappa shape index (κ1) is 19.8. The number of carboxylic acid groups (broad SMARTS) is 1. The number of urea groups is 1. The first-order valence-corrected chi connectivity index (χ1v) is 8.78. The average Bonchev–Trinajstić information content (AvgIpc) is 2.54. The molecular formula is C19H27N3O4. The summed E-state index contributed by atoms with van der Waals surface area (Å²) in [4.78, 5) is 24.9. The molecule has 7 heteroatoms. The Balaban J connectivity index is 1.77. The number of nitrogens with one attached hydrogen (secondary N) is 2. The predicted octanol–water partition coefficient (Wildman–Crippen LogP) is 2.70. The fourth-order valence-corrected chi connectivity index (χ4v) is 2.90. The van der Waals surface area contributed by atoms with Crippen LogP contribution in [0.25, 0.3) is 0 Å². The quantitative estimate of drug-likeness (QED) is 0.588. The number of anilines is 1. The van der Waals surface area contributed by atoms with E-state index in [4.69, 9.17) is 9.84 Å². The Labute approximate surface area is 154 Å². The van der Waals surface area contributed by atoms with Gasteiger partial charge >= 0.3 is 12.0 Å². The first-order valence-electron chi connectivity index (χ1n) is 8.78. The predicted molar refractivity (Wildman–Crippen MR) is 101 cm³/mol. The monoisotopic (exact) mass is 361 g/mol. The Morgan fingerprint density at radius 2 is 2.12 bits per heavy atom. The van der Waals surface area contributed by atoms with Crippen LogP contribution in [0.5, 0.6) is 5.75 Å². The number of likely N-dealkylation sites (N-methyl/N-ethyl adjacent to an activating group) is 1. The van der Waals surface area contributed by atoms with Crippen molar-refractivity contribution in [1.82, 2.24) is 10.2 Å². The van der Waals surface area contributed by atoms with Crippen molar-refractivity contribution < 1.29 is 19.4 Å². The van der Waals surface area contributed by atoms with Gasteiger partial charge in [0, 0.05) is 23.8 Å². The van der Waals surface area contributed by atoms with Gasteiger partial charge in [-0.2, -0.15) is 0 Å². The van der Waals surface area contributed by atoms with Crippen molar-refractivity contribution in [3.05, 3.63) is 36.4 Å². The second-order valence-corrected chi connectivity index (χ2v) is 6.65. The Hall–Kier alpha value is -2.54. The van der Waals surface area contributed by atoms with Crippen LogP contribution in [0, 0.1) is 0 Å². The number of carbonyl (C=O) groups is 2. The smallest absolute Gasteiger partial charge is 0.319 e. The zero-order valence-electron chi connectivity index (χ0n) is 15.3. The van der Waals surface area contributed by atoms with Crippen LogP contribution in [0.3, 0.4) is 0 Å². The van der Waals surface area contributed by atoms with Crippen LogP contribution >= 0.6 is 0 Å². The van der Waals surface area contributed by atoms with Gasteiger partial charge in [-0.3, -0.25) is 9.69 Å². The van der Waals surface area contributed by atoms with Gasteiger partial charge < -0.3 is 20.5 Å². The summed E-state index contributed by atoms with van der Waals surface area (Å²) < 4.78 is 5.56. The van der Waals surface area contributed by atoms with Gasteiger partial charge in [-0.05, 0) is 44.0 Å². The summed E-state index contributed by atoms with van der Waals surface area (Å²) in [7, 11) is 0. The van der Waals surface area contributed by atoms with E-state index in [1.807, 2.05) is 30.9 Å². The maximum atomic E-state index is 12.1. The molecule has 0 heterocycles. The Morgan fingerprint density at radius 3 is 2.73 bits per heavy atom. The number of aliphatic carboxylic acids is 1. The minimum Gasteiger partial charge on any atom is -0.489 e. The van der Waals surface area contributed by atoms with E-state index in [9.17, 15) is 9.59 Å². The van der Waals surface area contributed by atoms with E-state index in [2.05, 4.69) is 17.2 Å². The average molecular weight is 361 g/mol. The molecule has 1 fully saturated rings. The maximum absolute atomic E-state index is 12.1. The highest BCUT2D eigenvalue weighted by atomic mass is 16.5. The molecule has 0 radical (unpaired) electrons. The van der Waals surface area contributed by atoms with Crippen molar-refractivity contribution in [1.29, 1.82) is 0 Å². The minimum absolute atomic E-state index is 0.0387. The summed E-state index contributed by atoms with van der Waals surface area (Å²) in [5.41, 5.74) is 1.57. The second kappa shape index (κ2) is 9.24. The van der Waals surface area contributed by atoms with E-state index in [0.29, 0.717) is 24.6 Å². The van der Waals surface area contributed by atoms with Crippen molar-refractivity contribution in [3.8, 4) is 5.75 Å². The molecule has 2 amide bonds. The molecule has 0 spiro atoms. The molecule has 26 heavy (non-hydrogen) atoms. The summed E-state index contributed by atoms with van der Waals surface area (Å²) in [6.45, 7) is 8.78. The first-order chi connectivity index (χ1) is 12.4. The number of nitrogens with zero attached hydrogens (tertiary/aromatic N) is 1. The number of benzene rings is 1. The van der Waals surface area contributed by atoms with E-state index >= 15 is 0 Å². The van der Waals surface area contributed by atoms with Gasteiger partial charge in [0.1, 0.15) is 12.4 Å². The summed E-state index contributed by atoms with van der Waals surface area (Å²) >= 11 is 0. The standard InChI is InChI=1S/C19H27N3O4/c1-4-22(11-18(23)24)16-8-15(9-16)21-19(25)20-14-6-5-7-17(10-14)26-12-13(2)3/h5-7,10,15-16H,2,4,8-9,11-12H2,1,3H3,(H,23,24)(H2,20,21,25). The molecule has 1 saturated carbocycles. The molecule has 2 rings (SSSR count). The van der Waals surface area contributed by atoms with Gasteiger partial charge in [0.15, 0.2) is 0 Å². The number of rotatable bonds is 9. The van der Waals surface area contributed by atoms with Crippen LogP contribution < -0.4 is 15.4 Å². The van der Waals surface area contributed by atoms with E-state index in [0.717, 1.165) is 18.4 Å². The molecular weight excluding hydrogens is 334 g/mol. The molecule has 1 aliphatic carbocycles. The topological polar surface area (TPSA) is 90.9 Å². The lowest BCUT2D eigenvalue weighted by molar-refractivity contribution is -0.139. The van der Waals surface area contributed by atoms with Crippen LogP contribution in [0.2, 0.25) is 0 Å². The molecule has 0 aliphatic heterocycles. The van der Waals surface area contributed by atoms with Crippen LogP contribution in [0.1, 0.15) is 26.7 Å². The molecule has 0 atom stereocenters. The maximum Gasteiger partial charge on any atom is 0.319 e. The van der Waals surface area contributed by atoms with Crippen molar-refractivity contribution in [2.75, 3.05) is 25.0 Å². The van der Waals surface area contributed by atoms with Crippen molar-refractivity contribution in [2.45, 2.75) is 38.8 Å². The largest absolute Gasteiger partial charge is 0.489 e. The summed E-state index contributed by atoms with van der Waals surface area (Å²) in [6.07, 6.45) is 1.52. The highest BCUT2D eigenvalue weighted by Crippen LogP contribution is 2.26. The normalized spacial score (nSPS) is 18.7. The van der Waals surface area contributed by atoms with Crippen molar-refractivity contribution in [2.24, 2.45) is 0 Å².